The zero-order valence-electron chi connectivity index (χ0n) is 20.0. The van der Waals surface area contributed by atoms with Crippen LogP contribution < -0.4 is 10.6 Å². The number of benzene rings is 1. The lowest BCUT2D eigenvalue weighted by atomic mass is 9.97. The van der Waals surface area contributed by atoms with E-state index in [1.165, 1.54) is 12.3 Å². The fourth-order valence-corrected chi connectivity index (χ4v) is 3.06. The Bertz CT molecular complexity index is 1010. The second kappa shape index (κ2) is 10.6. The number of alkyl carbamates (subject to hydrolysis) is 1. The van der Waals surface area contributed by atoms with Gasteiger partial charge in [-0.25, -0.2) is 9.18 Å². The molecule has 0 spiro atoms. The lowest BCUT2D eigenvalue weighted by Crippen LogP contribution is -2.46. The SMILES string of the molecule is CC(C)(C)NC(=O)c1cccnc1CC(=O)[C@@H](Cc1ccccc1F)NC(=O)OC(C)(C)C. The fourth-order valence-electron chi connectivity index (χ4n) is 3.06. The first-order valence-electron chi connectivity index (χ1n) is 10.8. The molecule has 1 aromatic heterocycles. The van der Waals surface area contributed by atoms with Crippen molar-refractivity contribution in [3.63, 3.8) is 0 Å². The van der Waals surface area contributed by atoms with Gasteiger partial charge >= 0.3 is 6.09 Å². The number of carbonyl (C=O) groups is 3. The summed E-state index contributed by atoms with van der Waals surface area (Å²) in [7, 11) is 0. The quantitative estimate of drug-likeness (QED) is 0.655. The predicted molar refractivity (Wildman–Crippen MR) is 123 cm³/mol. The molecule has 2 amide bonds. The third kappa shape index (κ3) is 8.63. The number of nitrogens with one attached hydrogen (secondary N) is 2. The number of hydrogen-bond donors (Lipinski definition) is 2. The van der Waals surface area contributed by atoms with E-state index >= 15 is 0 Å². The van der Waals surface area contributed by atoms with Gasteiger partial charge in [-0.1, -0.05) is 18.2 Å². The molecule has 1 heterocycles. The summed E-state index contributed by atoms with van der Waals surface area (Å²) in [6.07, 6.45) is 0.414. The molecule has 2 aromatic rings. The summed E-state index contributed by atoms with van der Waals surface area (Å²) in [6.45, 7) is 10.7. The lowest BCUT2D eigenvalue weighted by molar-refractivity contribution is -0.120. The molecule has 178 valence electrons. The molecule has 33 heavy (non-hydrogen) atoms. The van der Waals surface area contributed by atoms with E-state index in [1.54, 1.807) is 51.1 Å². The van der Waals surface area contributed by atoms with Gasteiger partial charge < -0.3 is 15.4 Å². The van der Waals surface area contributed by atoms with Crippen molar-refractivity contribution >= 4 is 17.8 Å². The van der Waals surface area contributed by atoms with E-state index in [0.717, 1.165) is 0 Å². The van der Waals surface area contributed by atoms with Crippen LogP contribution >= 0.6 is 0 Å². The Balaban J connectivity index is 2.29. The highest BCUT2D eigenvalue weighted by molar-refractivity contribution is 5.98. The van der Waals surface area contributed by atoms with Crippen LogP contribution in [-0.2, 0) is 22.4 Å². The Morgan fingerprint density at radius 2 is 1.70 bits per heavy atom. The van der Waals surface area contributed by atoms with Crippen LogP contribution in [0.15, 0.2) is 42.6 Å². The van der Waals surface area contributed by atoms with Crippen molar-refractivity contribution in [1.82, 2.24) is 15.6 Å². The van der Waals surface area contributed by atoms with Crippen molar-refractivity contribution in [3.8, 4) is 0 Å². The van der Waals surface area contributed by atoms with Crippen LogP contribution in [-0.4, -0.2) is 39.9 Å². The predicted octanol–water partition coefficient (Wildman–Crippen LogP) is 4.00. The van der Waals surface area contributed by atoms with Gasteiger partial charge in [-0.3, -0.25) is 14.6 Å². The van der Waals surface area contributed by atoms with E-state index in [1.807, 2.05) is 20.8 Å². The monoisotopic (exact) mass is 457 g/mol. The average Bonchev–Trinajstić information content (AvgIpc) is 2.66. The number of carbonyl (C=O) groups excluding carboxylic acids is 3. The Labute approximate surface area is 194 Å². The number of aromatic nitrogens is 1. The number of nitrogens with zero attached hydrogens (tertiary/aromatic N) is 1. The highest BCUT2D eigenvalue weighted by Gasteiger charge is 2.27. The first-order chi connectivity index (χ1) is 15.2. The van der Waals surface area contributed by atoms with Gasteiger partial charge in [0.15, 0.2) is 5.78 Å². The maximum absolute atomic E-state index is 14.3. The standard InChI is InChI=1S/C25H32FN3O4/c1-24(2,3)29-22(31)17-11-9-13-27-19(17)15-21(30)20(28-23(32)33-25(4,5)6)14-16-10-7-8-12-18(16)26/h7-13,20H,14-15H2,1-6H3,(H,28,32)(H,29,31)/t20-/m1/s1. The van der Waals surface area contributed by atoms with Crippen molar-refractivity contribution in [2.75, 3.05) is 0 Å². The van der Waals surface area contributed by atoms with Gasteiger partial charge in [-0.05, 0) is 65.3 Å². The number of ether oxygens (including phenoxy) is 1. The number of pyridine rings is 1. The van der Waals surface area contributed by atoms with Crippen LogP contribution in [0.25, 0.3) is 0 Å². The zero-order chi connectivity index (χ0) is 24.8. The number of amides is 2. The van der Waals surface area contributed by atoms with E-state index < -0.39 is 34.9 Å². The van der Waals surface area contributed by atoms with Crippen molar-refractivity contribution in [2.24, 2.45) is 0 Å². The molecule has 1 atom stereocenters. The Morgan fingerprint density at radius 1 is 1.03 bits per heavy atom. The zero-order valence-corrected chi connectivity index (χ0v) is 20.0. The number of Topliss-reactive ketones (excluding diaryl/α,β-unsaturated/α-hetero) is 1. The van der Waals surface area contributed by atoms with Crippen LogP contribution in [0.4, 0.5) is 9.18 Å². The van der Waals surface area contributed by atoms with Gasteiger partial charge in [0.05, 0.1) is 23.7 Å². The van der Waals surface area contributed by atoms with Crippen LogP contribution in [0.3, 0.4) is 0 Å². The molecule has 7 nitrogen and oxygen atoms in total. The first-order valence-corrected chi connectivity index (χ1v) is 10.8. The topological polar surface area (TPSA) is 97.4 Å². The molecule has 0 radical (unpaired) electrons. The highest BCUT2D eigenvalue weighted by atomic mass is 19.1. The second-order valence-electron chi connectivity index (χ2n) is 9.84. The van der Waals surface area contributed by atoms with Crippen molar-refractivity contribution in [3.05, 3.63) is 65.2 Å². The summed E-state index contributed by atoms with van der Waals surface area (Å²) in [5.41, 5.74) is -0.426. The number of halogens is 1. The normalized spacial score (nSPS) is 12.6. The first kappa shape index (κ1) is 26.0. The molecular weight excluding hydrogens is 425 g/mol. The van der Waals surface area contributed by atoms with Gasteiger partial charge in [0.1, 0.15) is 11.4 Å². The summed E-state index contributed by atoms with van der Waals surface area (Å²) in [5, 5.41) is 5.40. The van der Waals surface area contributed by atoms with Crippen molar-refractivity contribution in [2.45, 2.75) is 71.6 Å². The number of rotatable bonds is 7. The highest BCUT2D eigenvalue weighted by Crippen LogP contribution is 2.15. The Kier molecular flexibility index (Phi) is 8.30. The van der Waals surface area contributed by atoms with Gasteiger partial charge in [0.2, 0.25) is 0 Å². The van der Waals surface area contributed by atoms with Crippen LogP contribution in [0.5, 0.6) is 0 Å². The molecule has 2 rings (SSSR count). The summed E-state index contributed by atoms with van der Waals surface area (Å²) < 4.78 is 19.5. The van der Waals surface area contributed by atoms with Gasteiger partial charge in [0, 0.05) is 18.2 Å². The maximum Gasteiger partial charge on any atom is 0.408 e. The third-order valence-corrected chi connectivity index (χ3v) is 4.43. The third-order valence-electron chi connectivity index (χ3n) is 4.43. The van der Waals surface area contributed by atoms with Crippen molar-refractivity contribution in [1.29, 1.82) is 0 Å². The molecule has 2 N–H and O–H groups in total. The molecule has 0 saturated carbocycles. The molecule has 0 saturated heterocycles. The fraction of sp³-hybridized carbons (Fsp3) is 0.440. The van der Waals surface area contributed by atoms with Crippen LogP contribution in [0.1, 0.15) is 63.2 Å². The second-order valence-corrected chi connectivity index (χ2v) is 9.84. The van der Waals surface area contributed by atoms with E-state index in [-0.39, 0.29) is 35.6 Å². The van der Waals surface area contributed by atoms with Crippen LogP contribution in [0.2, 0.25) is 0 Å². The summed E-state index contributed by atoms with van der Waals surface area (Å²) in [6, 6.07) is 8.17. The molecule has 8 heteroatoms. The van der Waals surface area contributed by atoms with Gasteiger partial charge in [0.25, 0.3) is 5.91 Å². The summed E-state index contributed by atoms with van der Waals surface area (Å²) in [4.78, 5) is 42.5. The molecule has 1 aromatic carbocycles. The maximum atomic E-state index is 14.3. The Hall–Kier alpha value is -3.29. The van der Waals surface area contributed by atoms with Crippen LogP contribution in [0, 0.1) is 5.82 Å². The molecule has 0 aliphatic heterocycles. The average molecular weight is 458 g/mol. The van der Waals surface area contributed by atoms with E-state index in [9.17, 15) is 18.8 Å². The van der Waals surface area contributed by atoms with Gasteiger partial charge in [-0.2, -0.15) is 0 Å². The number of ketones is 1. The number of hydrogen-bond acceptors (Lipinski definition) is 5. The van der Waals surface area contributed by atoms with Gasteiger partial charge in [-0.15, -0.1) is 0 Å². The molecule has 0 bridgehead atoms. The van der Waals surface area contributed by atoms with Crippen molar-refractivity contribution < 1.29 is 23.5 Å². The molecular formula is C25H32FN3O4. The molecule has 0 fully saturated rings. The summed E-state index contributed by atoms with van der Waals surface area (Å²) >= 11 is 0. The molecule has 0 aliphatic carbocycles. The lowest BCUT2D eigenvalue weighted by Gasteiger charge is -2.24. The van der Waals surface area contributed by atoms with E-state index in [2.05, 4.69) is 15.6 Å². The summed E-state index contributed by atoms with van der Waals surface area (Å²) in [5.74, 6) is -1.26. The molecule has 0 unspecified atom stereocenters. The Morgan fingerprint density at radius 3 is 2.30 bits per heavy atom. The largest absolute Gasteiger partial charge is 0.444 e. The smallest absolute Gasteiger partial charge is 0.408 e. The van der Waals surface area contributed by atoms with E-state index in [4.69, 9.17) is 4.74 Å². The van der Waals surface area contributed by atoms with E-state index in [0.29, 0.717) is 0 Å². The minimum atomic E-state index is -1.07. The minimum absolute atomic E-state index is 0.0683. The minimum Gasteiger partial charge on any atom is -0.444 e. The molecule has 0 aliphatic rings.